The second kappa shape index (κ2) is 4.56. The molecular weight excluding hydrogens is 242 g/mol. The summed E-state index contributed by atoms with van der Waals surface area (Å²) in [5.41, 5.74) is 1.96. The molecule has 1 aromatic rings. The van der Waals surface area contributed by atoms with Gasteiger partial charge in [0.25, 0.3) is 10.0 Å². The van der Waals surface area contributed by atoms with Crippen LogP contribution in [0.25, 0.3) is 0 Å². The van der Waals surface area contributed by atoms with Crippen molar-refractivity contribution in [3.63, 3.8) is 0 Å². The van der Waals surface area contributed by atoms with E-state index < -0.39 is 15.9 Å². The third-order valence-electron chi connectivity index (χ3n) is 1.37. The first-order chi connectivity index (χ1) is 6.92. The van der Waals surface area contributed by atoms with Gasteiger partial charge in [-0.05, 0) is 12.1 Å². The maximum atomic E-state index is 11.5. The number of carbonyl (C=O) groups is 1. The van der Waals surface area contributed by atoms with Crippen LogP contribution in [0.2, 0.25) is 5.15 Å². The number of sulfonamides is 1. The molecule has 0 aliphatic rings. The predicted octanol–water partition coefficient (Wildman–Crippen LogP) is 0.0644. The molecule has 0 radical (unpaired) electrons. The zero-order valence-electron chi connectivity index (χ0n) is 7.69. The van der Waals surface area contributed by atoms with Gasteiger partial charge in [-0.25, -0.2) is 13.4 Å². The number of hydrogen-bond donors (Lipinski definition) is 2. The van der Waals surface area contributed by atoms with Gasteiger partial charge < -0.3 is 0 Å². The summed E-state index contributed by atoms with van der Waals surface area (Å²) in [5, 5.41) is 0.0562. The molecule has 1 aromatic heterocycles. The van der Waals surface area contributed by atoms with Crippen LogP contribution in [0.1, 0.15) is 6.92 Å². The molecule has 0 saturated carbocycles. The zero-order valence-corrected chi connectivity index (χ0v) is 9.26. The molecule has 0 aromatic carbocycles. The topological polar surface area (TPSA) is 88.2 Å². The SMILES string of the molecule is CC(=O)NNS(=O)(=O)c1ccnc(Cl)c1. The largest absolute Gasteiger partial charge is 0.278 e. The Bertz CT molecular complexity index is 474. The predicted molar refractivity (Wildman–Crippen MR) is 53.4 cm³/mol. The highest BCUT2D eigenvalue weighted by molar-refractivity contribution is 7.89. The fraction of sp³-hybridized carbons (Fsp3) is 0.143. The number of nitrogens with one attached hydrogen (secondary N) is 2. The third-order valence-corrected chi connectivity index (χ3v) is 2.82. The van der Waals surface area contributed by atoms with Crippen molar-refractivity contribution >= 4 is 27.5 Å². The van der Waals surface area contributed by atoms with Crippen LogP contribution in [-0.2, 0) is 14.8 Å². The Morgan fingerprint density at radius 1 is 1.53 bits per heavy atom. The van der Waals surface area contributed by atoms with Gasteiger partial charge in [-0.1, -0.05) is 11.6 Å². The van der Waals surface area contributed by atoms with Gasteiger partial charge in [0.2, 0.25) is 5.91 Å². The van der Waals surface area contributed by atoms with E-state index in [9.17, 15) is 13.2 Å². The van der Waals surface area contributed by atoms with Crippen molar-refractivity contribution < 1.29 is 13.2 Å². The van der Waals surface area contributed by atoms with Gasteiger partial charge in [0.1, 0.15) is 5.15 Å². The Labute approximate surface area is 91.7 Å². The smallest absolute Gasteiger partial charge is 0.257 e. The van der Waals surface area contributed by atoms with Gasteiger partial charge in [0.05, 0.1) is 4.90 Å². The van der Waals surface area contributed by atoms with Crippen molar-refractivity contribution in [2.45, 2.75) is 11.8 Å². The molecule has 15 heavy (non-hydrogen) atoms. The van der Waals surface area contributed by atoms with Crippen LogP contribution < -0.4 is 10.3 Å². The number of halogens is 1. The molecule has 0 aliphatic heterocycles. The molecule has 0 atom stereocenters. The Morgan fingerprint density at radius 2 is 2.20 bits per heavy atom. The first-order valence-corrected chi connectivity index (χ1v) is 5.68. The summed E-state index contributed by atoms with van der Waals surface area (Å²) in [7, 11) is -3.78. The van der Waals surface area contributed by atoms with E-state index in [0.717, 1.165) is 0 Å². The fourth-order valence-corrected chi connectivity index (χ4v) is 1.89. The average Bonchev–Trinajstić information content (AvgIpc) is 2.15. The number of amides is 1. The molecule has 1 rings (SSSR count). The molecule has 0 bridgehead atoms. The van der Waals surface area contributed by atoms with Crippen LogP contribution in [0.4, 0.5) is 0 Å². The number of hydrazine groups is 1. The Kier molecular flexibility index (Phi) is 3.61. The molecule has 8 heteroatoms. The van der Waals surface area contributed by atoms with E-state index in [4.69, 9.17) is 11.6 Å². The maximum Gasteiger partial charge on any atom is 0.257 e. The van der Waals surface area contributed by atoms with E-state index in [-0.39, 0.29) is 10.0 Å². The molecule has 0 saturated heterocycles. The molecule has 0 fully saturated rings. The molecule has 2 N–H and O–H groups in total. The number of pyridine rings is 1. The van der Waals surface area contributed by atoms with Crippen LogP contribution in [-0.4, -0.2) is 19.3 Å². The summed E-state index contributed by atoms with van der Waals surface area (Å²) in [4.78, 5) is 16.0. The molecule has 0 aliphatic carbocycles. The summed E-state index contributed by atoms with van der Waals surface area (Å²) >= 11 is 5.52. The van der Waals surface area contributed by atoms with E-state index in [0.29, 0.717) is 0 Å². The minimum absolute atomic E-state index is 0.0562. The van der Waals surface area contributed by atoms with Gasteiger partial charge in [-0.3, -0.25) is 10.2 Å². The van der Waals surface area contributed by atoms with Crippen LogP contribution >= 0.6 is 11.6 Å². The standard InChI is InChI=1S/C7H8ClN3O3S/c1-5(12)10-11-15(13,14)6-2-3-9-7(8)4-6/h2-4,11H,1H3,(H,10,12). The first-order valence-electron chi connectivity index (χ1n) is 3.82. The number of aromatic nitrogens is 1. The Balaban J connectivity index is 2.91. The average molecular weight is 250 g/mol. The van der Waals surface area contributed by atoms with Crippen molar-refractivity contribution in [2.75, 3.05) is 0 Å². The van der Waals surface area contributed by atoms with Crippen LogP contribution in [0.3, 0.4) is 0 Å². The third kappa shape index (κ3) is 3.46. The number of hydrogen-bond acceptors (Lipinski definition) is 4. The second-order valence-corrected chi connectivity index (χ2v) is 4.67. The highest BCUT2D eigenvalue weighted by Gasteiger charge is 2.14. The highest BCUT2D eigenvalue weighted by Crippen LogP contribution is 2.11. The van der Waals surface area contributed by atoms with Gasteiger partial charge in [-0.15, -0.1) is 4.83 Å². The monoisotopic (exact) mass is 249 g/mol. The lowest BCUT2D eigenvalue weighted by Crippen LogP contribution is -2.40. The lowest BCUT2D eigenvalue weighted by atomic mass is 10.5. The normalized spacial score (nSPS) is 11.1. The Morgan fingerprint density at radius 3 is 2.73 bits per heavy atom. The molecular formula is C7H8ClN3O3S. The van der Waals surface area contributed by atoms with Gasteiger partial charge in [0, 0.05) is 13.1 Å². The minimum Gasteiger partial charge on any atom is -0.278 e. The molecule has 82 valence electrons. The molecule has 1 amide bonds. The van der Waals surface area contributed by atoms with Gasteiger partial charge in [0.15, 0.2) is 0 Å². The summed E-state index contributed by atoms with van der Waals surface area (Å²) < 4.78 is 23.0. The van der Waals surface area contributed by atoms with E-state index in [2.05, 4.69) is 4.98 Å². The molecule has 0 spiro atoms. The number of rotatable bonds is 3. The van der Waals surface area contributed by atoms with E-state index in [1.807, 2.05) is 10.3 Å². The highest BCUT2D eigenvalue weighted by atomic mass is 35.5. The quantitative estimate of drug-likeness (QED) is 0.586. The van der Waals surface area contributed by atoms with Crippen molar-refractivity contribution in [1.82, 2.24) is 15.2 Å². The molecule has 6 nitrogen and oxygen atoms in total. The van der Waals surface area contributed by atoms with Gasteiger partial charge in [-0.2, -0.15) is 0 Å². The first kappa shape index (κ1) is 11.9. The summed E-state index contributed by atoms with van der Waals surface area (Å²) in [5.74, 6) is -0.515. The summed E-state index contributed by atoms with van der Waals surface area (Å²) in [6.07, 6.45) is 1.25. The van der Waals surface area contributed by atoms with E-state index >= 15 is 0 Å². The van der Waals surface area contributed by atoms with Crippen molar-refractivity contribution in [3.8, 4) is 0 Å². The fourth-order valence-electron chi connectivity index (χ4n) is 0.750. The number of carbonyl (C=O) groups excluding carboxylic acids is 1. The van der Waals surface area contributed by atoms with Crippen LogP contribution in [0, 0.1) is 0 Å². The van der Waals surface area contributed by atoms with Crippen molar-refractivity contribution in [1.29, 1.82) is 0 Å². The Hall–Kier alpha value is -1.18. The van der Waals surface area contributed by atoms with Crippen molar-refractivity contribution in [3.05, 3.63) is 23.5 Å². The van der Waals surface area contributed by atoms with E-state index in [1.165, 1.54) is 25.3 Å². The summed E-state index contributed by atoms with van der Waals surface area (Å²) in [6, 6.07) is 2.43. The lowest BCUT2D eigenvalue weighted by molar-refractivity contribution is -0.119. The summed E-state index contributed by atoms with van der Waals surface area (Å²) in [6.45, 7) is 1.18. The lowest BCUT2D eigenvalue weighted by Gasteiger charge is -2.06. The van der Waals surface area contributed by atoms with Crippen LogP contribution in [0.5, 0.6) is 0 Å². The molecule has 1 heterocycles. The molecule has 0 unspecified atom stereocenters. The zero-order chi connectivity index (χ0) is 11.5. The maximum absolute atomic E-state index is 11.5. The van der Waals surface area contributed by atoms with Crippen molar-refractivity contribution in [2.24, 2.45) is 0 Å². The van der Waals surface area contributed by atoms with Crippen LogP contribution in [0.15, 0.2) is 23.2 Å². The minimum atomic E-state index is -3.78. The number of nitrogens with zero attached hydrogens (tertiary/aromatic N) is 1. The van der Waals surface area contributed by atoms with Gasteiger partial charge >= 0.3 is 0 Å². The second-order valence-electron chi connectivity index (χ2n) is 2.60. The van der Waals surface area contributed by atoms with E-state index in [1.54, 1.807) is 0 Å².